The number of rotatable bonds is 9. The minimum Gasteiger partial charge on any atom is -0.493 e. The summed E-state index contributed by atoms with van der Waals surface area (Å²) in [6, 6.07) is 5.13. The van der Waals surface area contributed by atoms with Gasteiger partial charge in [-0.1, -0.05) is 12.1 Å². The Morgan fingerprint density at radius 2 is 1.88 bits per heavy atom. The molecule has 3 rings (SSSR count). The fraction of sp³-hybridized carbons (Fsp3) is 0.619. The summed E-state index contributed by atoms with van der Waals surface area (Å²) in [6.07, 6.45) is -7.73. The first-order valence-corrected chi connectivity index (χ1v) is 10.1. The van der Waals surface area contributed by atoms with Gasteiger partial charge in [0.05, 0.1) is 26.9 Å². The Labute approximate surface area is 185 Å². The largest absolute Gasteiger partial charge is 0.493 e. The summed E-state index contributed by atoms with van der Waals surface area (Å²) < 4.78 is 27.2. The van der Waals surface area contributed by atoms with E-state index in [1.165, 1.54) is 7.11 Å². The highest BCUT2D eigenvalue weighted by molar-refractivity contribution is 5.43. The van der Waals surface area contributed by atoms with Gasteiger partial charge in [-0.15, -0.1) is 6.58 Å². The number of allylic oxidation sites excluding steroid dienone is 1. The van der Waals surface area contributed by atoms with Crippen molar-refractivity contribution < 1.29 is 54.3 Å². The average Bonchev–Trinajstić information content (AvgIpc) is 3.08. The van der Waals surface area contributed by atoms with E-state index >= 15 is 0 Å². The number of ether oxygens (including phenoxy) is 5. The van der Waals surface area contributed by atoms with Crippen molar-refractivity contribution in [1.82, 2.24) is 0 Å². The van der Waals surface area contributed by atoms with E-state index in [1.54, 1.807) is 24.3 Å². The van der Waals surface area contributed by atoms with Crippen molar-refractivity contribution >= 4 is 0 Å². The van der Waals surface area contributed by atoms with E-state index in [9.17, 15) is 30.6 Å². The maximum absolute atomic E-state index is 10.3. The summed E-state index contributed by atoms with van der Waals surface area (Å²) in [4.78, 5) is 0. The highest BCUT2D eigenvalue weighted by Crippen LogP contribution is 2.33. The molecule has 2 saturated heterocycles. The van der Waals surface area contributed by atoms with Crippen molar-refractivity contribution in [3.63, 3.8) is 0 Å². The summed E-state index contributed by atoms with van der Waals surface area (Å²) in [6.45, 7) is 2.23. The second-order valence-corrected chi connectivity index (χ2v) is 7.83. The van der Waals surface area contributed by atoms with Crippen LogP contribution < -0.4 is 9.47 Å². The summed E-state index contributed by atoms with van der Waals surface area (Å²) in [5.74, 6) is 0.620. The lowest BCUT2D eigenvalue weighted by molar-refractivity contribution is -0.289. The van der Waals surface area contributed by atoms with Gasteiger partial charge in [-0.3, -0.25) is 0 Å². The van der Waals surface area contributed by atoms with Crippen molar-refractivity contribution in [2.75, 3.05) is 26.9 Å². The second-order valence-electron chi connectivity index (χ2n) is 7.83. The fourth-order valence-corrected chi connectivity index (χ4v) is 3.50. The van der Waals surface area contributed by atoms with Crippen LogP contribution in [-0.4, -0.2) is 106 Å². The molecule has 2 heterocycles. The molecule has 32 heavy (non-hydrogen) atoms. The van der Waals surface area contributed by atoms with Crippen molar-refractivity contribution in [1.29, 1.82) is 0 Å². The van der Waals surface area contributed by atoms with Crippen molar-refractivity contribution in [2.24, 2.45) is 0 Å². The molecule has 8 atom stereocenters. The van der Waals surface area contributed by atoms with Crippen molar-refractivity contribution in [2.45, 2.75) is 55.1 Å². The molecule has 0 spiro atoms. The number of methoxy groups -OCH3 is 1. The van der Waals surface area contributed by atoms with Crippen LogP contribution in [0.25, 0.3) is 0 Å². The van der Waals surface area contributed by atoms with Crippen molar-refractivity contribution in [3.8, 4) is 11.5 Å². The van der Waals surface area contributed by atoms with E-state index in [1.807, 2.05) is 0 Å². The maximum atomic E-state index is 10.3. The molecule has 2 aliphatic rings. The lowest BCUT2D eigenvalue weighted by Crippen LogP contribution is -2.60. The van der Waals surface area contributed by atoms with Gasteiger partial charge >= 0.3 is 0 Å². The van der Waals surface area contributed by atoms with Crippen LogP contribution >= 0.6 is 0 Å². The Hall–Kier alpha value is -1.80. The SMILES string of the molecule is C=CCc1ccc(O[C@@H]2O[C@H](CO[C@@H]3OC[C@@](O)(CO)[C@H]3O)[C@@H](O)[C@H](O)[C@H]2O)c(OC)c1. The van der Waals surface area contributed by atoms with Crippen LogP contribution in [0, 0.1) is 0 Å². The predicted molar refractivity (Wildman–Crippen MR) is 108 cm³/mol. The molecule has 0 amide bonds. The normalized spacial score (nSPS) is 37.3. The summed E-state index contributed by atoms with van der Waals surface area (Å²) in [5.41, 5.74) is -0.944. The Morgan fingerprint density at radius 3 is 2.50 bits per heavy atom. The zero-order chi connectivity index (χ0) is 23.5. The van der Waals surface area contributed by atoms with Crippen LogP contribution in [-0.2, 0) is 20.6 Å². The van der Waals surface area contributed by atoms with Gasteiger partial charge < -0.3 is 54.3 Å². The minimum atomic E-state index is -1.87. The maximum Gasteiger partial charge on any atom is 0.229 e. The highest BCUT2D eigenvalue weighted by Gasteiger charge is 2.50. The van der Waals surface area contributed by atoms with Gasteiger partial charge in [0.1, 0.15) is 36.1 Å². The highest BCUT2D eigenvalue weighted by atomic mass is 16.7. The van der Waals surface area contributed by atoms with E-state index in [4.69, 9.17) is 23.7 Å². The Morgan fingerprint density at radius 1 is 1.12 bits per heavy atom. The fourth-order valence-electron chi connectivity index (χ4n) is 3.50. The number of hydrogen-bond acceptors (Lipinski definition) is 11. The Balaban J connectivity index is 1.67. The molecule has 180 valence electrons. The van der Waals surface area contributed by atoms with Crippen LogP contribution in [0.15, 0.2) is 30.9 Å². The molecular formula is C21H30O11. The zero-order valence-electron chi connectivity index (χ0n) is 17.6. The predicted octanol–water partition coefficient (Wildman–Crippen LogP) is -1.93. The molecule has 11 heteroatoms. The molecular weight excluding hydrogens is 428 g/mol. The number of aliphatic hydroxyl groups excluding tert-OH is 5. The van der Waals surface area contributed by atoms with Crippen molar-refractivity contribution in [3.05, 3.63) is 36.4 Å². The van der Waals surface area contributed by atoms with E-state index in [-0.39, 0.29) is 19.0 Å². The first-order valence-electron chi connectivity index (χ1n) is 10.1. The smallest absolute Gasteiger partial charge is 0.229 e. The van der Waals surface area contributed by atoms with E-state index in [0.29, 0.717) is 12.2 Å². The van der Waals surface area contributed by atoms with Crippen LogP contribution in [0.2, 0.25) is 0 Å². The van der Waals surface area contributed by atoms with Crippen LogP contribution in [0.3, 0.4) is 0 Å². The average molecular weight is 458 g/mol. The van der Waals surface area contributed by atoms with E-state index < -0.39 is 55.3 Å². The first kappa shape index (κ1) is 24.8. The first-order chi connectivity index (χ1) is 15.2. The molecule has 2 fully saturated rings. The Kier molecular flexibility index (Phi) is 8.09. The lowest BCUT2D eigenvalue weighted by Gasteiger charge is -2.40. The van der Waals surface area contributed by atoms with Gasteiger partial charge in [0.2, 0.25) is 6.29 Å². The zero-order valence-corrected chi connectivity index (χ0v) is 17.6. The quantitative estimate of drug-likeness (QED) is 0.228. The standard InChI is InChI=1S/C21H30O11/c1-3-4-11-5-6-12(13(7-11)28-2)31-19-17(25)16(24)15(23)14(32-19)8-29-20-18(26)21(27,9-22)10-30-20/h3,5-7,14-20,22-27H,1,4,8-10H2,2H3/t14-,15-,16+,17-,18+,19-,20-,21+/m1/s1. The third kappa shape index (κ3) is 5.06. The van der Waals surface area contributed by atoms with Gasteiger partial charge in [-0.25, -0.2) is 0 Å². The monoisotopic (exact) mass is 458 g/mol. The van der Waals surface area contributed by atoms with Gasteiger partial charge in [0.25, 0.3) is 0 Å². The molecule has 0 aromatic heterocycles. The van der Waals surface area contributed by atoms with Gasteiger partial charge in [0.15, 0.2) is 17.8 Å². The lowest BCUT2D eigenvalue weighted by atomic mass is 9.99. The summed E-state index contributed by atoms with van der Waals surface area (Å²) >= 11 is 0. The Bertz CT molecular complexity index is 774. The third-order valence-corrected chi connectivity index (χ3v) is 5.52. The van der Waals surface area contributed by atoms with Crippen LogP contribution in [0.1, 0.15) is 5.56 Å². The summed E-state index contributed by atoms with van der Waals surface area (Å²) in [7, 11) is 1.45. The molecule has 1 aromatic carbocycles. The number of aliphatic hydroxyl groups is 6. The summed E-state index contributed by atoms with van der Waals surface area (Å²) in [5, 5.41) is 60.2. The molecule has 0 bridgehead atoms. The molecule has 11 nitrogen and oxygen atoms in total. The second kappa shape index (κ2) is 10.4. The molecule has 2 aliphatic heterocycles. The molecule has 0 radical (unpaired) electrons. The van der Waals surface area contributed by atoms with Gasteiger partial charge in [0, 0.05) is 0 Å². The minimum absolute atomic E-state index is 0.246. The molecule has 6 N–H and O–H groups in total. The topological polar surface area (TPSA) is 168 Å². The third-order valence-electron chi connectivity index (χ3n) is 5.52. The molecule has 0 saturated carbocycles. The van der Waals surface area contributed by atoms with E-state index in [0.717, 1.165) is 5.56 Å². The molecule has 0 unspecified atom stereocenters. The van der Waals surface area contributed by atoms with Gasteiger partial charge in [-0.2, -0.15) is 0 Å². The molecule has 1 aromatic rings. The van der Waals surface area contributed by atoms with Crippen LogP contribution in [0.4, 0.5) is 0 Å². The number of benzene rings is 1. The van der Waals surface area contributed by atoms with Gasteiger partial charge in [-0.05, 0) is 24.1 Å². The molecule has 0 aliphatic carbocycles. The number of hydrogen-bond donors (Lipinski definition) is 6. The van der Waals surface area contributed by atoms with Crippen LogP contribution in [0.5, 0.6) is 11.5 Å². The van der Waals surface area contributed by atoms with E-state index in [2.05, 4.69) is 6.58 Å².